The number of phenolic OH excluding ortho intramolecular Hbond substituents is 2. The van der Waals surface area contributed by atoms with Gasteiger partial charge in [0.2, 0.25) is 0 Å². The number of Topliss-reactive ketones (excluding diaryl/α,β-unsaturated/α-hetero) is 1. The number of hydrogen-bond acceptors (Lipinski definition) is 22. The third kappa shape index (κ3) is 22.5. The Morgan fingerprint density at radius 1 is 0.769 bits per heavy atom. The average molecular weight is 1310 g/mol. The minimum absolute atomic E-state index is 0.0671. The van der Waals surface area contributed by atoms with Crippen LogP contribution >= 0.6 is 0 Å². The van der Waals surface area contributed by atoms with Crippen molar-refractivity contribution in [2.75, 3.05) is 27.8 Å². The number of aliphatic hydroxyl groups excluding tert-OH is 2. The first kappa shape index (κ1) is 78.8. The molecule has 7 N–H and O–H groups in total. The molecule has 0 spiro atoms. The lowest BCUT2D eigenvalue weighted by Crippen LogP contribution is -2.61. The molecule has 18 atom stereocenters. The van der Waals surface area contributed by atoms with Crippen LogP contribution in [0.25, 0.3) is 22.3 Å². The second-order valence-electron chi connectivity index (χ2n) is 25.9. The topological polar surface area (TPSA) is 334 Å². The number of unbranched alkanes of at least 4 members (excludes halogenated alkanes) is 9. The van der Waals surface area contributed by atoms with Gasteiger partial charge in [-0.25, -0.2) is 4.18 Å². The third-order valence-corrected chi connectivity index (χ3v) is 18.4. The van der Waals surface area contributed by atoms with E-state index < -0.39 is 124 Å². The Balaban J connectivity index is 0.000000393. The first-order chi connectivity index (χ1) is 42.6. The number of nitrogens with zero attached hydrogens (tertiary/aromatic N) is 1. The highest BCUT2D eigenvalue weighted by molar-refractivity contribution is 7.80. The quantitative estimate of drug-likeness (QED) is 0.0280. The fourth-order valence-electron chi connectivity index (χ4n) is 12.5. The molecule has 4 heterocycles. The van der Waals surface area contributed by atoms with Crippen LogP contribution < -0.4 is 5.43 Å². The summed E-state index contributed by atoms with van der Waals surface area (Å²) in [5.74, 6) is -5.64. The third-order valence-electron chi connectivity index (χ3n) is 17.9. The van der Waals surface area contributed by atoms with E-state index >= 15 is 0 Å². The Morgan fingerprint density at radius 3 is 1.93 bits per heavy atom. The molecule has 2 aromatic carbocycles. The number of carbonyl (C=O) groups excluding carboxylic acids is 3. The number of ether oxygens (including phenoxy) is 7. The number of esters is 2. The summed E-state index contributed by atoms with van der Waals surface area (Å²) in [6, 6.07) is 12.6. The number of cyclic esters (lactones) is 1. The number of fused-ring (bicyclic) bond motifs is 1. The first-order valence-corrected chi connectivity index (χ1v) is 33.7. The number of phenols is 2. The second-order valence-corrected chi connectivity index (χ2v) is 27.0. The monoisotopic (exact) mass is 1310 g/mol. The van der Waals surface area contributed by atoms with Crippen LogP contribution in [0.3, 0.4) is 0 Å². The number of carbonyl (C=O) groups is 3. The Morgan fingerprint density at radius 2 is 1.37 bits per heavy atom. The van der Waals surface area contributed by atoms with Gasteiger partial charge in [-0.05, 0) is 81.3 Å². The molecule has 0 aliphatic carbocycles. The van der Waals surface area contributed by atoms with Crippen LogP contribution in [0.15, 0.2) is 57.7 Å². The van der Waals surface area contributed by atoms with Gasteiger partial charge in [0.15, 0.2) is 24.1 Å². The summed E-state index contributed by atoms with van der Waals surface area (Å²) in [6.45, 7) is 20.3. The van der Waals surface area contributed by atoms with Crippen LogP contribution in [0.2, 0.25) is 0 Å². The molecule has 0 bridgehead atoms. The van der Waals surface area contributed by atoms with Gasteiger partial charge in [0, 0.05) is 61.5 Å². The number of aliphatic hydroxyl groups is 4. The summed E-state index contributed by atoms with van der Waals surface area (Å²) in [4.78, 5) is 54.9. The molecule has 24 heteroatoms. The normalized spacial score (nSPS) is 32.8. The van der Waals surface area contributed by atoms with Crippen LogP contribution in [0.5, 0.6) is 11.5 Å². The lowest BCUT2D eigenvalue weighted by Gasteiger charge is -2.49. The standard InChI is InChI=1S/C40H71NO14.C15H10O4.C12H26O4S/c1-15-27-40(11,48)33(44)22(5)30(43)20(3)18-38(9,47)35(55-37-32(53-28(42)16-2)26(41(12)13)17-21(4)50-37)23(6)31(24(7)36(46)52-27)54-29-19-39(10,49-14)34(45)25(8)51-29;16-10-6-11(17)15-12(18)8-13(19-14(15)7-10)9-4-2-1-3-5-9;1-2-3-4-5-6-7-8-9-10-11-12-16-17(13,14)15/h20-27,29,31-35,37,44-45,47-48H,15-19H2,1-14H3;1-8,16-17H;2-12H2,1H3,(H,13,14,15). The summed E-state index contributed by atoms with van der Waals surface area (Å²) in [5, 5.41) is 65.7. The predicted octanol–water partition coefficient (Wildman–Crippen LogP) is 9.34. The van der Waals surface area contributed by atoms with Gasteiger partial charge in [-0.2, -0.15) is 8.42 Å². The Kier molecular flexibility index (Phi) is 30.9. The van der Waals surface area contributed by atoms with E-state index in [9.17, 15) is 58.2 Å². The molecule has 3 aromatic rings. The second kappa shape index (κ2) is 35.7. The summed E-state index contributed by atoms with van der Waals surface area (Å²) in [6.07, 6.45) is 2.17. The van der Waals surface area contributed by atoms with E-state index in [1.165, 1.54) is 85.0 Å². The van der Waals surface area contributed by atoms with Crippen LogP contribution in [0.4, 0.5) is 0 Å². The molecule has 0 saturated carbocycles. The van der Waals surface area contributed by atoms with Gasteiger partial charge in [0.05, 0.1) is 60.3 Å². The number of likely N-dealkylation sites (N-methyl/N-ethyl adjacent to an activating group) is 1. The van der Waals surface area contributed by atoms with Crippen LogP contribution in [0, 0.1) is 23.7 Å². The average Bonchev–Trinajstić information content (AvgIpc) is 1.57. The van der Waals surface area contributed by atoms with Crippen molar-refractivity contribution >= 4 is 39.1 Å². The van der Waals surface area contributed by atoms with Gasteiger partial charge < -0.3 is 73.1 Å². The fourth-order valence-corrected chi connectivity index (χ4v) is 12.8. The van der Waals surface area contributed by atoms with Crippen molar-refractivity contribution in [1.82, 2.24) is 4.90 Å². The van der Waals surface area contributed by atoms with E-state index in [0.717, 1.165) is 24.5 Å². The zero-order valence-corrected chi connectivity index (χ0v) is 57.0. The first-order valence-electron chi connectivity index (χ1n) is 32.3. The molecule has 0 amide bonds. The van der Waals surface area contributed by atoms with Crippen molar-refractivity contribution in [2.45, 2.75) is 264 Å². The van der Waals surface area contributed by atoms with Gasteiger partial charge in [-0.15, -0.1) is 0 Å². The van der Waals surface area contributed by atoms with Gasteiger partial charge in [-0.1, -0.05) is 130 Å². The number of hydrogen-bond donors (Lipinski definition) is 7. The molecule has 6 rings (SSSR count). The van der Waals surface area contributed by atoms with E-state index in [1.54, 1.807) is 48.5 Å². The van der Waals surface area contributed by atoms with Crippen molar-refractivity contribution in [3.8, 4) is 22.8 Å². The van der Waals surface area contributed by atoms with Crippen LogP contribution in [0.1, 0.15) is 179 Å². The zero-order valence-electron chi connectivity index (χ0n) is 56.2. The van der Waals surface area contributed by atoms with E-state index in [2.05, 4.69) is 11.1 Å². The highest BCUT2D eigenvalue weighted by Gasteiger charge is 2.54. The molecule has 1 aromatic heterocycles. The molecule has 518 valence electrons. The molecule has 3 aliphatic heterocycles. The maximum atomic E-state index is 14.2. The molecule has 3 saturated heterocycles. The Labute approximate surface area is 538 Å². The fraction of sp³-hybridized carbons (Fsp3) is 0.731. The molecular weight excluding hydrogens is 1200 g/mol. The van der Waals surface area contributed by atoms with Gasteiger partial charge >= 0.3 is 22.3 Å². The molecule has 91 heavy (non-hydrogen) atoms. The Bertz CT molecular complexity index is 2900. The van der Waals surface area contributed by atoms with E-state index in [4.69, 9.17) is 42.1 Å². The minimum Gasteiger partial charge on any atom is -0.508 e. The summed E-state index contributed by atoms with van der Waals surface area (Å²) >= 11 is 0. The zero-order chi connectivity index (χ0) is 68.3. The number of benzene rings is 2. The van der Waals surface area contributed by atoms with Crippen molar-refractivity contribution in [1.29, 1.82) is 0 Å². The van der Waals surface area contributed by atoms with Crippen molar-refractivity contribution < 1.29 is 99.8 Å². The SMILES string of the molecule is CCC(=O)OC1C(OC2C(C)C(OC3CC(C)(OC)C(O)C(C)O3)C(C)C(=O)OC(CC)C(C)(O)C(O)C(C)C(=O)C(C)CC2(C)O)OC(C)CC1N(C)C.CCCCCCCCCCCCOS(=O)(=O)O.O=c1cc(-c2ccccc2)oc2cc(O)cc(O)c12. The summed E-state index contributed by atoms with van der Waals surface area (Å²) in [5.41, 5.74) is -4.36. The molecule has 18 unspecified atom stereocenters. The van der Waals surface area contributed by atoms with Crippen molar-refractivity contribution in [3.63, 3.8) is 0 Å². The highest BCUT2D eigenvalue weighted by Crippen LogP contribution is 2.42. The van der Waals surface area contributed by atoms with E-state index in [1.807, 2.05) is 56.3 Å². The smallest absolute Gasteiger partial charge is 0.397 e. The van der Waals surface area contributed by atoms with E-state index in [0.29, 0.717) is 18.6 Å². The molecule has 3 fully saturated rings. The van der Waals surface area contributed by atoms with Gasteiger partial charge in [0.1, 0.15) is 51.8 Å². The van der Waals surface area contributed by atoms with Crippen molar-refractivity contribution in [2.24, 2.45) is 23.7 Å². The predicted molar refractivity (Wildman–Crippen MR) is 341 cm³/mol. The van der Waals surface area contributed by atoms with Crippen molar-refractivity contribution in [3.05, 3.63) is 58.8 Å². The molecular formula is C67H107NO22S. The highest BCUT2D eigenvalue weighted by atomic mass is 32.3. The maximum Gasteiger partial charge on any atom is 0.397 e. The molecule has 0 radical (unpaired) electrons. The lowest BCUT2D eigenvalue weighted by atomic mass is 9.74. The molecule has 23 nitrogen and oxygen atoms in total. The number of aromatic hydroxyl groups is 2. The largest absolute Gasteiger partial charge is 0.508 e. The van der Waals surface area contributed by atoms with Crippen LogP contribution in [-0.4, -0.2) is 178 Å². The Hall–Kier alpha value is -4.67. The maximum absolute atomic E-state index is 14.2. The molecule has 3 aliphatic rings. The van der Waals surface area contributed by atoms with Crippen LogP contribution in [-0.2, 0) is 62.1 Å². The lowest BCUT2D eigenvalue weighted by molar-refractivity contribution is -0.319. The number of rotatable bonds is 22. The summed E-state index contributed by atoms with van der Waals surface area (Å²) in [7, 11) is 0.973. The summed E-state index contributed by atoms with van der Waals surface area (Å²) < 4.78 is 82.2. The minimum atomic E-state index is -4.23. The number of ketones is 1. The van der Waals surface area contributed by atoms with Gasteiger partial charge in [-0.3, -0.25) is 23.7 Å². The number of methoxy groups -OCH3 is 1. The van der Waals surface area contributed by atoms with Gasteiger partial charge in [0.25, 0.3) is 0 Å². The van der Waals surface area contributed by atoms with E-state index in [-0.39, 0.29) is 72.3 Å².